The lowest BCUT2D eigenvalue weighted by Gasteiger charge is -2.39. The van der Waals surface area contributed by atoms with Crippen molar-refractivity contribution in [3.05, 3.63) is 35.4 Å². The average Bonchev–Trinajstić information content (AvgIpc) is 2.46. The Morgan fingerprint density at radius 3 is 2.37 bits per heavy atom. The first kappa shape index (κ1) is 12.9. The van der Waals surface area contributed by atoms with Crippen molar-refractivity contribution in [2.24, 2.45) is 5.92 Å². The van der Waals surface area contributed by atoms with E-state index in [1.54, 1.807) is 0 Å². The molecule has 0 aromatic heterocycles. The molecule has 2 nitrogen and oxygen atoms in total. The third-order valence-corrected chi connectivity index (χ3v) is 4.73. The number of carbonyl (C=O) groups is 1. The van der Waals surface area contributed by atoms with Gasteiger partial charge in [-0.1, -0.05) is 37.6 Å². The fourth-order valence-electron chi connectivity index (χ4n) is 3.62. The SMILES string of the molecule is CCc1ccc(C(=O)C2CC3CCCC(C2)N3)cc1. The van der Waals surface area contributed by atoms with Crippen molar-refractivity contribution in [3.63, 3.8) is 0 Å². The topological polar surface area (TPSA) is 29.1 Å². The summed E-state index contributed by atoms with van der Waals surface area (Å²) in [7, 11) is 0. The monoisotopic (exact) mass is 257 g/mol. The van der Waals surface area contributed by atoms with Crippen molar-refractivity contribution in [3.8, 4) is 0 Å². The van der Waals surface area contributed by atoms with Gasteiger partial charge in [0.1, 0.15) is 0 Å². The summed E-state index contributed by atoms with van der Waals surface area (Å²) in [6, 6.07) is 9.37. The van der Waals surface area contributed by atoms with E-state index in [1.807, 2.05) is 12.1 Å². The number of carbonyl (C=O) groups excluding carboxylic acids is 1. The fourth-order valence-corrected chi connectivity index (χ4v) is 3.62. The highest BCUT2D eigenvalue weighted by molar-refractivity contribution is 5.98. The number of ketones is 1. The van der Waals surface area contributed by atoms with Crippen molar-refractivity contribution in [2.45, 2.75) is 57.5 Å². The van der Waals surface area contributed by atoms with Gasteiger partial charge < -0.3 is 5.32 Å². The third kappa shape index (κ3) is 2.74. The zero-order valence-electron chi connectivity index (χ0n) is 11.7. The molecule has 102 valence electrons. The first-order chi connectivity index (χ1) is 9.26. The molecule has 2 aliphatic rings. The Morgan fingerprint density at radius 2 is 1.79 bits per heavy atom. The largest absolute Gasteiger partial charge is 0.311 e. The summed E-state index contributed by atoms with van der Waals surface area (Å²) in [4.78, 5) is 12.6. The highest BCUT2D eigenvalue weighted by atomic mass is 16.1. The number of fused-ring (bicyclic) bond motifs is 2. The molecule has 2 unspecified atom stereocenters. The van der Waals surface area contributed by atoms with Gasteiger partial charge in [-0.25, -0.2) is 0 Å². The maximum Gasteiger partial charge on any atom is 0.166 e. The van der Waals surface area contributed by atoms with E-state index in [2.05, 4.69) is 24.4 Å². The number of benzene rings is 1. The average molecular weight is 257 g/mol. The molecule has 0 aliphatic carbocycles. The second kappa shape index (κ2) is 5.46. The molecule has 1 aromatic carbocycles. The summed E-state index contributed by atoms with van der Waals surface area (Å²) in [6.45, 7) is 2.14. The van der Waals surface area contributed by atoms with Crippen molar-refractivity contribution in [1.82, 2.24) is 5.32 Å². The molecule has 0 spiro atoms. The molecule has 2 aliphatic heterocycles. The number of hydrogen-bond acceptors (Lipinski definition) is 2. The molecule has 2 saturated heterocycles. The quantitative estimate of drug-likeness (QED) is 0.841. The Kier molecular flexibility index (Phi) is 3.69. The lowest BCUT2D eigenvalue weighted by molar-refractivity contribution is 0.0825. The van der Waals surface area contributed by atoms with Gasteiger partial charge in [0, 0.05) is 23.6 Å². The van der Waals surface area contributed by atoms with Gasteiger partial charge in [-0.2, -0.15) is 0 Å². The highest BCUT2D eigenvalue weighted by Crippen LogP contribution is 2.31. The molecule has 2 fully saturated rings. The minimum atomic E-state index is 0.240. The molecular weight excluding hydrogens is 234 g/mol. The molecule has 2 heteroatoms. The van der Waals surface area contributed by atoms with Crippen LogP contribution in [0.2, 0.25) is 0 Å². The maximum absolute atomic E-state index is 12.6. The summed E-state index contributed by atoms with van der Waals surface area (Å²) in [5.41, 5.74) is 2.21. The summed E-state index contributed by atoms with van der Waals surface area (Å²) >= 11 is 0. The highest BCUT2D eigenvalue weighted by Gasteiger charge is 2.34. The summed E-state index contributed by atoms with van der Waals surface area (Å²) < 4.78 is 0. The van der Waals surface area contributed by atoms with Crippen LogP contribution < -0.4 is 5.32 Å². The van der Waals surface area contributed by atoms with Gasteiger partial charge in [-0.3, -0.25) is 4.79 Å². The standard InChI is InChI=1S/C17H23NO/c1-2-12-6-8-13(9-7-12)17(19)14-10-15-4-3-5-16(11-14)18-15/h6-9,14-16,18H,2-5,10-11H2,1H3. The summed E-state index contributed by atoms with van der Waals surface area (Å²) in [5.74, 6) is 0.602. The Morgan fingerprint density at radius 1 is 1.16 bits per heavy atom. The Balaban J connectivity index is 1.72. The summed E-state index contributed by atoms with van der Waals surface area (Å²) in [6.07, 6.45) is 6.92. The Labute approximate surface area is 115 Å². The summed E-state index contributed by atoms with van der Waals surface area (Å²) in [5, 5.41) is 3.66. The van der Waals surface area contributed by atoms with E-state index < -0.39 is 0 Å². The first-order valence-electron chi connectivity index (χ1n) is 7.65. The number of Topliss-reactive ketones (excluding diaryl/α,β-unsaturated/α-hetero) is 1. The van der Waals surface area contributed by atoms with Crippen molar-refractivity contribution in [1.29, 1.82) is 0 Å². The van der Waals surface area contributed by atoms with Crippen molar-refractivity contribution in [2.75, 3.05) is 0 Å². The lowest BCUT2D eigenvalue weighted by atomic mass is 9.77. The first-order valence-corrected chi connectivity index (χ1v) is 7.65. The van der Waals surface area contributed by atoms with Gasteiger partial charge in [-0.15, -0.1) is 0 Å². The van der Waals surface area contributed by atoms with Gasteiger partial charge in [0.2, 0.25) is 0 Å². The van der Waals surface area contributed by atoms with E-state index in [-0.39, 0.29) is 5.92 Å². The van der Waals surface area contributed by atoms with Gasteiger partial charge >= 0.3 is 0 Å². The van der Waals surface area contributed by atoms with Crippen LogP contribution in [0.15, 0.2) is 24.3 Å². The van der Waals surface area contributed by atoms with Crippen LogP contribution in [0.1, 0.15) is 54.9 Å². The maximum atomic E-state index is 12.6. The van der Waals surface area contributed by atoms with Gasteiger partial charge in [0.05, 0.1) is 0 Å². The fraction of sp³-hybridized carbons (Fsp3) is 0.588. The van der Waals surface area contributed by atoms with Gasteiger partial charge in [0.25, 0.3) is 0 Å². The van der Waals surface area contributed by atoms with E-state index in [0.29, 0.717) is 17.9 Å². The van der Waals surface area contributed by atoms with Crippen LogP contribution in [-0.2, 0) is 6.42 Å². The van der Waals surface area contributed by atoms with Crippen molar-refractivity contribution < 1.29 is 4.79 Å². The molecule has 2 atom stereocenters. The van der Waals surface area contributed by atoms with Gasteiger partial charge in [-0.05, 0) is 37.7 Å². The van der Waals surface area contributed by atoms with Crippen molar-refractivity contribution >= 4 is 5.78 Å². The molecule has 2 heterocycles. The van der Waals surface area contributed by atoms with Crippen LogP contribution in [0.3, 0.4) is 0 Å². The molecular formula is C17H23NO. The van der Waals surface area contributed by atoms with Crippen LogP contribution in [0.5, 0.6) is 0 Å². The lowest BCUT2D eigenvalue weighted by Crippen LogP contribution is -2.50. The predicted molar refractivity (Wildman–Crippen MR) is 77.4 cm³/mol. The molecule has 3 rings (SSSR count). The molecule has 0 amide bonds. The number of piperidine rings is 2. The van der Waals surface area contributed by atoms with Crippen LogP contribution in [-0.4, -0.2) is 17.9 Å². The van der Waals surface area contributed by atoms with E-state index in [0.717, 1.165) is 24.8 Å². The zero-order chi connectivity index (χ0) is 13.2. The second-order valence-electron chi connectivity index (χ2n) is 6.07. The van der Waals surface area contributed by atoms with Crippen LogP contribution in [0, 0.1) is 5.92 Å². The molecule has 1 N–H and O–H groups in total. The second-order valence-corrected chi connectivity index (χ2v) is 6.07. The molecule has 0 saturated carbocycles. The third-order valence-electron chi connectivity index (χ3n) is 4.73. The number of rotatable bonds is 3. The Hall–Kier alpha value is -1.15. The smallest absolute Gasteiger partial charge is 0.166 e. The molecule has 19 heavy (non-hydrogen) atoms. The molecule has 2 bridgehead atoms. The van der Waals surface area contributed by atoms with Crippen LogP contribution >= 0.6 is 0 Å². The number of hydrogen-bond donors (Lipinski definition) is 1. The molecule has 1 aromatic rings. The van der Waals surface area contributed by atoms with E-state index >= 15 is 0 Å². The predicted octanol–water partition coefficient (Wildman–Crippen LogP) is 3.35. The minimum Gasteiger partial charge on any atom is -0.311 e. The van der Waals surface area contributed by atoms with E-state index in [1.165, 1.54) is 24.8 Å². The number of aryl methyl sites for hydroxylation is 1. The normalized spacial score (nSPS) is 30.1. The van der Waals surface area contributed by atoms with Crippen LogP contribution in [0.4, 0.5) is 0 Å². The minimum absolute atomic E-state index is 0.240. The van der Waals surface area contributed by atoms with E-state index in [9.17, 15) is 4.79 Å². The van der Waals surface area contributed by atoms with Crippen LogP contribution in [0.25, 0.3) is 0 Å². The van der Waals surface area contributed by atoms with E-state index in [4.69, 9.17) is 0 Å². The Bertz CT molecular complexity index is 439. The zero-order valence-corrected chi connectivity index (χ0v) is 11.7. The molecule has 0 radical (unpaired) electrons. The number of nitrogens with one attached hydrogen (secondary N) is 1. The van der Waals surface area contributed by atoms with Gasteiger partial charge in [0.15, 0.2) is 5.78 Å².